The lowest BCUT2D eigenvalue weighted by molar-refractivity contribution is -0.385. The van der Waals surface area contributed by atoms with Crippen molar-refractivity contribution in [3.05, 3.63) is 46.3 Å². The first-order valence-corrected chi connectivity index (χ1v) is 5.52. The Balaban J connectivity index is 2.44. The van der Waals surface area contributed by atoms with E-state index < -0.39 is 4.92 Å². The van der Waals surface area contributed by atoms with Crippen LogP contribution in [0, 0.1) is 10.1 Å². The lowest BCUT2D eigenvalue weighted by Gasteiger charge is -2.03. The summed E-state index contributed by atoms with van der Waals surface area (Å²) < 4.78 is 1.56. The fourth-order valence-corrected chi connectivity index (χ4v) is 1.59. The standard InChI is InChI=1S/C12H13N3O3/c1-8(2)10-5-6-14(13-10)9-3-4-12(16)11(7-9)15(17)18/h3-8,16H,1-2H3. The summed E-state index contributed by atoms with van der Waals surface area (Å²) in [6.07, 6.45) is 1.74. The number of aromatic hydroxyl groups is 1. The number of hydrogen-bond donors (Lipinski definition) is 1. The van der Waals surface area contributed by atoms with Gasteiger partial charge in [0, 0.05) is 12.3 Å². The summed E-state index contributed by atoms with van der Waals surface area (Å²) in [6.45, 7) is 4.04. The molecule has 1 heterocycles. The number of hydrogen-bond acceptors (Lipinski definition) is 4. The van der Waals surface area contributed by atoms with Gasteiger partial charge in [0.05, 0.1) is 16.3 Å². The molecule has 6 nitrogen and oxygen atoms in total. The van der Waals surface area contributed by atoms with Gasteiger partial charge in [0.2, 0.25) is 0 Å². The number of nitro benzene ring substituents is 1. The summed E-state index contributed by atoms with van der Waals surface area (Å²) in [5.74, 6) is -0.0571. The monoisotopic (exact) mass is 247 g/mol. The number of nitrogens with zero attached hydrogens (tertiary/aromatic N) is 3. The van der Waals surface area contributed by atoms with Crippen LogP contribution in [0.25, 0.3) is 5.69 Å². The molecule has 2 rings (SSSR count). The summed E-state index contributed by atoms with van der Waals surface area (Å²) in [7, 11) is 0. The topological polar surface area (TPSA) is 81.2 Å². The largest absolute Gasteiger partial charge is 0.502 e. The number of phenolic OH excluding ortho intramolecular Hbond substituents is 1. The van der Waals surface area contributed by atoms with Gasteiger partial charge in [0.15, 0.2) is 5.75 Å². The zero-order chi connectivity index (χ0) is 13.3. The predicted octanol–water partition coefficient (Wildman–Crippen LogP) is 2.61. The molecule has 0 unspecified atom stereocenters. The summed E-state index contributed by atoms with van der Waals surface area (Å²) >= 11 is 0. The zero-order valence-corrected chi connectivity index (χ0v) is 10.1. The Bertz CT molecular complexity index is 590. The van der Waals surface area contributed by atoms with Gasteiger partial charge in [-0.2, -0.15) is 5.10 Å². The third-order valence-corrected chi connectivity index (χ3v) is 2.62. The first-order chi connectivity index (χ1) is 8.49. The maximum absolute atomic E-state index is 10.7. The van der Waals surface area contributed by atoms with Gasteiger partial charge in [-0.3, -0.25) is 10.1 Å². The Hall–Kier alpha value is -2.37. The molecule has 0 saturated carbocycles. The molecule has 94 valence electrons. The van der Waals surface area contributed by atoms with Gasteiger partial charge in [-0.25, -0.2) is 4.68 Å². The number of phenols is 1. The number of aromatic nitrogens is 2. The average molecular weight is 247 g/mol. The number of benzene rings is 1. The predicted molar refractivity (Wildman–Crippen MR) is 66.0 cm³/mol. The van der Waals surface area contributed by atoms with Crippen LogP contribution in [-0.4, -0.2) is 19.8 Å². The third-order valence-electron chi connectivity index (χ3n) is 2.62. The van der Waals surface area contributed by atoms with Crippen LogP contribution in [0.2, 0.25) is 0 Å². The van der Waals surface area contributed by atoms with Gasteiger partial charge in [-0.15, -0.1) is 0 Å². The van der Waals surface area contributed by atoms with Crippen molar-refractivity contribution in [2.45, 2.75) is 19.8 Å². The SMILES string of the molecule is CC(C)c1ccn(-c2ccc(O)c([N+](=O)[O-])c2)n1. The molecule has 0 spiro atoms. The molecule has 0 bridgehead atoms. The van der Waals surface area contributed by atoms with Crippen LogP contribution in [-0.2, 0) is 0 Å². The van der Waals surface area contributed by atoms with E-state index in [0.717, 1.165) is 5.69 Å². The smallest absolute Gasteiger partial charge is 0.312 e. The highest BCUT2D eigenvalue weighted by Crippen LogP contribution is 2.27. The van der Waals surface area contributed by atoms with Gasteiger partial charge in [0.25, 0.3) is 0 Å². The van der Waals surface area contributed by atoms with Crippen LogP contribution >= 0.6 is 0 Å². The van der Waals surface area contributed by atoms with E-state index in [1.807, 2.05) is 19.9 Å². The molecule has 0 amide bonds. The van der Waals surface area contributed by atoms with Crippen molar-refractivity contribution < 1.29 is 10.0 Å². The fourth-order valence-electron chi connectivity index (χ4n) is 1.59. The van der Waals surface area contributed by atoms with Gasteiger partial charge in [-0.1, -0.05) is 13.8 Å². The first kappa shape index (κ1) is 12.1. The van der Waals surface area contributed by atoms with Gasteiger partial charge < -0.3 is 5.11 Å². The van der Waals surface area contributed by atoms with Crippen molar-refractivity contribution in [1.82, 2.24) is 9.78 Å². The highest BCUT2D eigenvalue weighted by Gasteiger charge is 2.15. The molecular formula is C12H13N3O3. The van der Waals surface area contributed by atoms with E-state index in [1.165, 1.54) is 12.1 Å². The average Bonchev–Trinajstić information content (AvgIpc) is 2.78. The second kappa shape index (κ2) is 4.48. The molecule has 18 heavy (non-hydrogen) atoms. The quantitative estimate of drug-likeness (QED) is 0.667. The molecule has 1 aromatic heterocycles. The summed E-state index contributed by atoms with van der Waals surface area (Å²) in [5.41, 5.74) is 1.13. The van der Waals surface area contributed by atoms with E-state index in [-0.39, 0.29) is 11.4 Å². The second-order valence-corrected chi connectivity index (χ2v) is 4.27. The molecule has 0 atom stereocenters. The molecule has 2 aromatic rings. The van der Waals surface area contributed by atoms with Crippen molar-refractivity contribution in [1.29, 1.82) is 0 Å². The van der Waals surface area contributed by atoms with Crippen molar-refractivity contribution in [3.8, 4) is 11.4 Å². The van der Waals surface area contributed by atoms with Crippen LogP contribution in [0.15, 0.2) is 30.5 Å². The molecule has 1 N–H and O–H groups in total. The summed E-state index contributed by atoms with van der Waals surface area (Å²) in [4.78, 5) is 10.1. The summed E-state index contributed by atoms with van der Waals surface area (Å²) in [5, 5.41) is 24.4. The molecule has 0 saturated heterocycles. The minimum atomic E-state index is -0.619. The number of nitro groups is 1. The highest BCUT2D eigenvalue weighted by molar-refractivity contribution is 5.52. The van der Waals surface area contributed by atoms with Crippen LogP contribution in [0.1, 0.15) is 25.5 Å². The second-order valence-electron chi connectivity index (χ2n) is 4.27. The third kappa shape index (κ3) is 2.17. The minimum absolute atomic E-state index is 0.290. The Labute approximate surface area is 104 Å². The maximum atomic E-state index is 10.7. The van der Waals surface area contributed by atoms with Crippen LogP contribution in [0.4, 0.5) is 5.69 Å². The van der Waals surface area contributed by atoms with E-state index in [1.54, 1.807) is 16.9 Å². The van der Waals surface area contributed by atoms with Crippen molar-refractivity contribution >= 4 is 5.69 Å². The lowest BCUT2D eigenvalue weighted by Crippen LogP contribution is -1.98. The maximum Gasteiger partial charge on any atom is 0.312 e. The van der Waals surface area contributed by atoms with Gasteiger partial charge in [0.1, 0.15) is 0 Å². The molecule has 0 aliphatic carbocycles. The van der Waals surface area contributed by atoms with Crippen LogP contribution in [0.3, 0.4) is 0 Å². The summed E-state index contributed by atoms with van der Waals surface area (Å²) in [6, 6.07) is 6.04. The lowest BCUT2D eigenvalue weighted by atomic mass is 10.1. The van der Waals surface area contributed by atoms with E-state index in [0.29, 0.717) is 11.6 Å². The molecule has 6 heteroatoms. The molecule has 0 fully saturated rings. The molecular weight excluding hydrogens is 234 g/mol. The van der Waals surface area contributed by atoms with E-state index >= 15 is 0 Å². The van der Waals surface area contributed by atoms with Crippen LogP contribution < -0.4 is 0 Å². The first-order valence-electron chi connectivity index (χ1n) is 5.52. The molecule has 0 aliphatic rings. The Morgan fingerprint density at radius 1 is 1.39 bits per heavy atom. The van der Waals surface area contributed by atoms with E-state index in [9.17, 15) is 15.2 Å². The highest BCUT2D eigenvalue weighted by atomic mass is 16.6. The fraction of sp³-hybridized carbons (Fsp3) is 0.250. The minimum Gasteiger partial charge on any atom is -0.502 e. The Morgan fingerprint density at radius 2 is 2.11 bits per heavy atom. The molecule has 0 radical (unpaired) electrons. The van der Waals surface area contributed by atoms with Crippen molar-refractivity contribution in [2.24, 2.45) is 0 Å². The van der Waals surface area contributed by atoms with E-state index in [4.69, 9.17) is 0 Å². The zero-order valence-electron chi connectivity index (χ0n) is 10.1. The van der Waals surface area contributed by atoms with Crippen molar-refractivity contribution in [2.75, 3.05) is 0 Å². The van der Waals surface area contributed by atoms with Gasteiger partial charge in [-0.05, 0) is 24.1 Å². The Morgan fingerprint density at radius 3 is 2.67 bits per heavy atom. The Kier molecular flexibility index (Phi) is 3.01. The molecule has 0 aliphatic heterocycles. The number of rotatable bonds is 3. The normalized spacial score (nSPS) is 10.8. The van der Waals surface area contributed by atoms with Crippen molar-refractivity contribution in [3.63, 3.8) is 0 Å². The van der Waals surface area contributed by atoms with E-state index in [2.05, 4.69) is 5.10 Å². The molecule has 1 aromatic carbocycles. The van der Waals surface area contributed by atoms with Crippen LogP contribution in [0.5, 0.6) is 5.75 Å². The van der Waals surface area contributed by atoms with Gasteiger partial charge >= 0.3 is 5.69 Å².